The summed E-state index contributed by atoms with van der Waals surface area (Å²) in [5.41, 5.74) is 6.97. The molecule has 0 radical (unpaired) electrons. The Hall–Kier alpha value is -1.07. The molecule has 94 valence electrons. The number of pyridine rings is 1. The minimum absolute atomic E-state index is 0.0429. The van der Waals surface area contributed by atoms with Gasteiger partial charge in [-0.1, -0.05) is 6.07 Å². The molecule has 0 spiro atoms. The van der Waals surface area contributed by atoms with E-state index in [9.17, 15) is 4.79 Å². The number of esters is 1. The van der Waals surface area contributed by atoms with E-state index in [4.69, 9.17) is 10.5 Å². The van der Waals surface area contributed by atoms with Crippen LogP contribution < -0.4 is 5.73 Å². The van der Waals surface area contributed by atoms with E-state index in [0.29, 0.717) is 12.4 Å². The van der Waals surface area contributed by atoms with E-state index in [1.165, 1.54) is 11.8 Å². The number of hydrogen-bond donors (Lipinski definition) is 1. The number of carbonyl (C=O) groups is 1. The Bertz CT molecular complexity index is 344. The first-order chi connectivity index (χ1) is 8.15. The first-order valence-corrected chi connectivity index (χ1v) is 6.62. The van der Waals surface area contributed by atoms with Gasteiger partial charge in [-0.3, -0.25) is 9.78 Å². The smallest absolute Gasteiger partial charge is 0.315 e. The average Bonchev–Trinajstić information content (AvgIpc) is 2.30. The first-order valence-electron chi connectivity index (χ1n) is 5.58. The van der Waals surface area contributed by atoms with Crippen molar-refractivity contribution >= 4 is 17.7 Å². The number of ether oxygens (including phenoxy) is 1. The molecule has 0 amide bonds. The second kappa shape index (κ2) is 7.29. The quantitative estimate of drug-likeness (QED) is 0.784. The normalized spacial score (nSPS) is 14.1. The van der Waals surface area contributed by atoms with Crippen molar-refractivity contribution < 1.29 is 9.53 Å². The number of nitrogens with zero attached hydrogens (tertiary/aromatic N) is 1. The Morgan fingerprint density at radius 2 is 2.41 bits per heavy atom. The van der Waals surface area contributed by atoms with Gasteiger partial charge >= 0.3 is 5.97 Å². The van der Waals surface area contributed by atoms with Crippen LogP contribution in [0, 0.1) is 0 Å². The van der Waals surface area contributed by atoms with Gasteiger partial charge in [-0.25, -0.2) is 0 Å². The summed E-state index contributed by atoms with van der Waals surface area (Å²) in [6.07, 6.45) is 3.50. The van der Waals surface area contributed by atoms with Crippen LogP contribution in [0.25, 0.3) is 0 Å². The molecule has 1 heterocycles. The minimum Gasteiger partial charge on any atom is -0.465 e. The van der Waals surface area contributed by atoms with E-state index >= 15 is 0 Å². The predicted molar refractivity (Wildman–Crippen MR) is 69.7 cm³/mol. The minimum atomic E-state index is -0.202. The van der Waals surface area contributed by atoms with E-state index in [-0.39, 0.29) is 17.3 Å². The SMILES string of the molecule is CCOC(=O)CSC(c1cccnc1)C(C)N. The molecule has 0 bridgehead atoms. The molecular weight excluding hydrogens is 236 g/mol. The molecule has 0 saturated heterocycles. The zero-order valence-corrected chi connectivity index (χ0v) is 10.9. The molecular formula is C12H18N2O2S. The fourth-order valence-electron chi connectivity index (χ4n) is 1.46. The second-order valence-electron chi connectivity index (χ2n) is 3.68. The van der Waals surface area contributed by atoms with E-state index in [1.54, 1.807) is 19.3 Å². The zero-order valence-electron chi connectivity index (χ0n) is 10.1. The monoisotopic (exact) mass is 254 g/mol. The molecule has 5 heteroatoms. The van der Waals surface area contributed by atoms with Crippen LogP contribution in [0.15, 0.2) is 24.5 Å². The molecule has 2 N–H and O–H groups in total. The van der Waals surface area contributed by atoms with Crippen molar-refractivity contribution in [1.82, 2.24) is 4.98 Å². The zero-order chi connectivity index (χ0) is 12.7. The van der Waals surface area contributed by atoms with Crippen molar-refractivity contribution in [2.75, 3.05) is 12.4 Å². The lowest BCUT2D eigenvalue weighted by atomic mass is 10.1. The molecule has 2 unspecified atom stereocenters. The van der Waals surface area contributed by atoms with Gasteiger partial charge in [-0.15, -0.1) is 11.8 Å². The lowest BCUT2D eigenvalue weighted by Crippen LogP contribution is -2.24. The van der Waals surface area contributed by atoms with Gasteiger partial charge in [0.05, 0.1) is 12.4 Å². The van der Waals surface area contributed by atoms with Gasteiger partial charge in [0, 0.05) is 23.7 Å². The number of carbonyl (C=O) groups excluding carboxylic acids is 1. The molecule has 2 atom stereocenters. The van der Waals surface area contributed by atoms with Crippen LogP contribution >= 0.6 is 11.8 Å². The predicted octanol–water partition coefficient (Wildman–Crippen LogP) is 1.77. The fourth-order valence-corrected chi connectivity index (χ4v) is 2.49. The molecule has 0 saturated carbocycles. The summed E-state index contributed by atoms with van der Waals surface area (Å²) in [5, 5.41) is 0.0631. The molecule has 0 aliphatic rings. The van der Waals surface area contributed by atoms with Crippen molar-refractivity contribution in [1.29, 1.82) is 0 Å². The van der Waals surface area contributed by atoms with Gasteiger partial charge in [0.15, 0.2) is 0 Å². The summed E-state index contributed by atoms with van der Waals surface area (Å²) in [5.74, 6) is 0.113. The van der Waals surface area contributed by atoms with Crippen LogP contribution in [-0.2, 0) is 9.53 Å². The third kappa shape index (κ3) is 4.75. The number of rotatable bonds is 6. The second-order valence-corrected chi connectivity index (χ2v) is 4.81. The summed E-state index contributed by atoms with van der Waals surface area (Å²) in [7, 11) is 0. The number of nitrogens with two attached hydrogens (primary N) is 1. The number of aromatic nitrogens is 1. The van der Waals surface area contributed by atoms with Gasteiger partial charge < -0.3 is 10.5 Å². The van der Waals surface area contributed by atoms with Crippen molar-refractivity contribution in [3.63, 3.8) is 0 Å². The third-order valence-electron chi connectivity index (χ3n) is 2.18. The van der Waals surface area contributed by atoms with Crippen LogP contribution in [0.4, 0.5) is 0 Å². The Morgan fingerprint density at radius 1 is 1.65 bits per heavy atom. The highest BCUT2D eigenvalue weighted by molar-refractivity contribution is 8.00. The number of thioether (sulfide) groups is 1. The maximum Gasteiger partial charge on any atom is 0.315 e. The van der Waals surface area contributed by atoms with Crippen LogP contribution in [0.1, 0.15) is 24.7 Å². The van der Waals surface area contributed by atoms with Gasteiger partial charge in [0.1, 0.15) is 0 Å². The van der Waals surface area contributed by atoms with Crippen LogP contribution in [-0.4, -0.2) is 29.4 Å². The average molecular weight is 254 g/mol. The lowest BCUT2D eigenvalue weighted by Gasteiger charge is -2.19. The summed E-state index contributed by atoms with van der Waals surface area (Å²) in [6.45, 7) is 4.14. The molecule has 0 aliphatic heterocycles. The van der Waals surface area contributed by atoms with Gasteiger partial charge in [0.25, 0.3) is 0 Å². The van der Waals surface area contributed by atoms with E-state index < -0.39 is 0 Å². The summed E-state index contributed by atoms with van der Waals surface area (Å²) in [4.78, 5) is 15.4. The van der Waals surface area contributed by atoms with Gasteiger partial charge in [0.2, 0.25) is 0 Å². The van der Waals surface area contributed by atoms with Crippen LogP contribution in [0.2, 0.25) is 0 Å². The van der Waals surface area contributed by atoms with E-state index in [0.717, 1.165) is 5.56 Å². The Kier molecular flexibility index (Phi) is 6.00. The van der Waals surface area contributed by atoms with Crippen LogP contribution in [0.5, 0.6) is 0 Å². The van der Waals surface area contributed by atoms with E-state index in [1.807, 2.05) is 19.1 Å². The Labute approximate surface area is 106 Å². The highest BCUT2D eigenvalue weighted by Crippen LogP contribution is 2.30. The molecule has 1 rings (SSSR count). The summed E-state index contributed by atoms with van der Waals surface area (Å²) < 4.78 is 4.89. The van der Waals surface area contributed by atoms with Crippen LogP contribution in [0.3, 0.4) is 0 Å². The first kappa shape index (κ1) is 14.0. The summed E-state index contributed by atoms with van der Waals surface area (Å²) >= 11 is 1.49. The highest BCUT2D eigenvalue weighted by Gasteiger charge is 2.18. The van der Waals surface area contributed by atoms with Crippen molar-refractivity contribution in [2.24, 2.45) is 5.73 Å². The van der Waals surface area contributed by atoms with Crippen molar-refractivity contribution in [3.8, 4) is 0 Å². The largest absolute Gasteiger partial charge is 0.465 e. The molecule has 0 aliphatic carbocycles. The van der Waals surface area contributed by atoms with Crippen molar-refractivity contribution in [2.45, 2.75) is 25.1 Å². The summed E-state index contributed by atoms with van der Waals surface area (Å²) in [6, 6.07) is 3.80. The molecule has 0 fully saturated rings. The molecule has 1 aromatic heterocycles. The van der Waals surface area contributed by atoms with Crippen molar-refractivity contribution in [3.05, 3.63) is 30.1 Å². The number of hydrogen-bond acceptors (Lipinski definition) is 5. The van der Waals surface area contributed by atoms with Gasteiger partial charge in [-0.05, 0) is 25.5 Å². The topological polar surface area (TPSA) is 65.2 Å². The third-order valence-corrected chi connectivity index (χ3v) is 3.64. The fraction of sp³-hybridized carbons (Fsp3) is 0.500. The highest BCUT2D eigenvalue weighted by atomic mass is 32.2. The molecule has 4 nitrogen and oxygen atoms in total. The Balaban J connectivity index is 2.59. The molecule has 0 aromatic carbocycles. The maximum atomic E-state index is 11.3. The molecule has 17 heavy (non-hydrogen) atoms. The lowest BCUT2D eigenvalue weighted by molar-refractivity contribution is -0.139. The van der Waals surface area contributed by atoms with Gasteiger partial charge in [-0.2, -0.15) is 0 Å². The van der Waals surface area contributed by atoms with E-state index in [2.05, 4.69) is 4.98 Å². The standard InChI is InChI=1S/C12H18N2O2S/c1-3-16-11(15)8-17-12(9(2)13)10-5-4-6-14-7-10/h4-7,9,12H,3,8,13H2,1-2H3. The maximum absolute atomic E-state index is 11.3. The Morgan fingerprint density at radius 3 is 2.94 bits per heavy atom. The molecule has 1 aromatic rings.